The van der Waals surface area contributed by atoms with Gasteiger partial charge in [0.05, 0.1) is 4.90 Å². The van der Waals surface area contributed by atoms with E-state index >= 15 is 0 Å². The summed E-state index contributed by atoms with van der Waals surface area (Å²) in [4.78, 5) is 8.53. The zero-order valence-corrected chi connectivity index (χ0v) is 17.5. The summed E-state index contributed by atoms with van der Waals surface area (Å²) in [5.41, 5.74) is 1.50. The third kappa shape index (κ3) is 3.21. The van der Waals surface area contributed by atoms with Crippen LogP contribution in [-0.4, -0.2) is 33.8 Å². The van der Waals surface area contributed by atoms with Crippen LogP contribution < -0.4 is 0 Å². The molecule has 0 spiro atoms. The third-order valence-corrected chi connectivity index (χ3v) is 6.74. The van der Waals surface area contributed by atoms with Crippen LogP contribution in [0.3, 0.4) is 0 Å². The molecule has 0 N–H and O–H groups in total. The number of fused-ring (bicyclic) bond motifs is 1. The molecule has 0 bridgehead atoms. The second-order valence-corrected chi connectivity index (χ2v) is 9.83. The van der Waals surface area contributed by atoms with Gasteiger partial charge in [0.25, 0.3) is 0 Å². The van der Waals surface area contributed by atoms with Crippen molar-refractivity contribution in [2.75, 3.05) is 6.26 Å². The van der Waals surface area contributed by atoms with Gasteiger partial charge in [-0.05, 0) is 42.0 Å². The first-order chi connectivity index (χ1) is 12.1. The topological polar surface area (TPSA) is 77.7 Å². The number of halogens is 1. The molecule has 0 saturated heterocycles. The van der Waals surface area contributed by atoms with E-state index in [0.29, 0.717) is 5.82 Å². The summed E-state index contributed by atoms with van der Waals surface area (Å²) in [5, 5.41) is 4.41. The molecule has 0 atom stereocenters. The van der Waals surface area contributed by atoms with E-state index in [-0.39, 0.29) is 31.5 Å². The van der Waals surface area contributed by atoms with Gasteiger partial charge >= 0.3 is 0 Å². The lowest BCUT2D eigenvalue weighted by molar-refractivity contribution is 0.584. The molecule has 3 rings (SSSR count). The van der Waals surface area contributed by atoms with Gasteiger partial charge in [0.2, 0.25) is 9.84 Å². The Morgan fingerprint density at radius 3 is 2.23 bits per heavy atom. The number of benzene rings is 1. The molecule has 26 heavy (non-hydrogen) atoms. The molecule has 3 aromatic rings. The first-order valence-electron chi connectivity index (χ1n) is 7.88. The van der Waals surface area contributed by atoms with Crippen LogP contribution >= 0.6 is 23.5 Å². The predicted octanol–water partition coefficient (Wildman–Crippen LogP) is 4.04. The van der Waals surface area contributed by atoms with Gasteiger partial charge in [-0.25, -0.2) is 18.4 Å². The average molecular weight is 411 g/mol. The number of rotatable bonds is 3. The van der Waals surface area contributed by atoms with Gasteiger partial charge in [-0.15, -0.1) is 0 Å². The predicted molar refractivity (Wildman–Crippen MR) is 105 cm³/mol. The number of hydrogen-bond donors (Lipinski definition) is 0. The molecule has 2 aromatic heterocycles. The summed E-state index contributed by atoms with van der Waals surface area (Å²) in [6, 6.07) is 6.91. The summed E-state index contributed by atoms with van der Waals surface area (Å²) in [7, 11) is -3.83. The van der Waals surface area contributed by atoms with Gasteiger partial charge in [-0.3, -0.25) is 0 Å². The normalized spacial score (nSPS) is 12.7. The molecule has 2 heterocycles. The Hall–Kier alpha value is -1.64. The monoisotopic (exact) mass is 410 g/mol. The van der Waals surface area contributed by atoms with Crippen LogP contribution in [-0.2, 0) is 15.3 Å². The van der Waals surface area contributed by atoms with Crippen molar-refractivity contribution in [3.05, 3.63) is 40.8 Å². The molecule has 0 unspecified atom stereocenters. The van der Waals surface area contributed by atoms with Crippen molar-refractivity contribution in [1.29, 1.82) is 0 Å². The number of aromatic nitrogens is 4. The fourth-order valence-electron chi connectivity index (χ4n) is 2.60. The minimum absolute atomic E-state index is 0.0101. The van der Waals surface area contributed by atoms with E-state index in [1.165, 1.54) is 4.09 Å². The van der Waals surface area contributed by atoms with Crippen molar-refractivity contribution in [2.45, 2.75) is 43.0 Å². The van der Waals surface area contributed by atoms with E-state index in [4.69, 9.17) is 11.6 Å². The van der Waals surface area contributed by atoms with Crippen molar-refractivity contribution >= 4 is 44.4 Å². The standard InChI is InChI=1S/C17H19ClN4O2S2/c1-10-19-14-13(15(18)20-10)21-22(25-5)16(14)26(23,24)12-8-6-11(7-9-12)17(2,3)4/h6-9H,1-5H3. The van der Waals surface area contributed by atoms with E-state index in [9.17, 15) is 8.42 Å². The third-order valence-electron chi connectivity index (χ3n) is 3.98. The Kier molecular flexibility index (Phi) is 4.79. The lowest BCUT2D eigenvalue weighted by Gasteiger charge is -2.19. The molecular weight excluding hydrogens is 392 g/mol. The first kappa shape index (κ1) is 19.1. The summed E-state index contributed by atoms with van der Waals surface area (Å²) in [6.07, 6.45) is 1.74. The maximum atomic E-state index is 13.3. The number of nitrogens with zero attached hydrogens (tertiary/aromatic N) is 4. The summed E-state index contributed by atoms with van der Waals surface area (Å²) in [6.45, 7) is 7.90. The minimum Gasteiger partial charge on any atom is -0.228 e. The van der Waals surface area contributed by atoms with Crippen LogP contribution in [0, 0.1) is 6.92 Å². The highest BCUT2D eigenvalue weighted by Crippen LogP contribution is 2.32. The SMILES string of the molecule is CSn1nc2c(Cl)nc(C)nc2c1S(=O)(=O)c1ccc(C(C)(C)C)cc1. The van der Waals surface area contributed by atoms with Gasteiger partial charge in [0, 0.05) is 6.26 Å². The highest BCUT2D eigenvalue weighted by molar-refractivity contribution is 7.98. The van der Waals surface area contributed by atoms with Crippen LogP contribution in [0.2, 0.25) is 5.15 Å². The highest BCUT2D eigenvalue weighted by Gasteiger charge is 2.29. The van der Waals surface area contributed by atoms with Gasteiger partial charge in [0.15, 0.2) is 15.7 Å². The Bertz CT molecular complexity index is 1080. The van der Waals surface area contributed by atoms with E-state index in [1.54, 1.807) is 25.3 Å². The van der Waals surface area contributed by atoms with Gasteiger partial charge < -0.3 is 0 Å². The van der Waals surface area contributed by atoms with Gasteiger partial charge in [0.1, 0.15) is 11.3 Å². The Morgan fingerprint density at radius 2 is 1.69 bits per heavy atom. The van der Waals surface area contributed by atoms with Crippen LogP contribution in [0.25, 0.3) is 11.0 Å². The first-order valence-corrected chi connectivity index (χ1v) is 10.9. The zero-order valence-electron chi connectivity index (χ0n) is 15.1. The number of aryl methyl sites for hydroxylation is 1. The fraction of sp³-hybridized carbons (Fsp3) is 0.353. The molecule has 138 valence electrons. The van der Waals surface area contributed by atoms with Gasteiger partial charge in [-0.2, -0.15) is 9.19 Å². The lowest BCUT2D eigenvalue weighted by Crippen LogP contribution is -2.12. The number of hydrogen-bond acceptors (Lipinski definition) is 6. The second-order valence-electron chi connectivity index (χ2n) is 6.90. The lowest BCUT2D eigenvalue weighted by atomic mass is 9.87. The second kappa shape index (κ2) is 6.51. The summed E-state index contributed by atoms with van der Waals surface area (Å²) in [5.74, 6) is 0.391. The van der Waals surface area contributed by atoms with E-state index < -0.39 is 9.84 Å². The molecule has 6 nitrogen and oxygen atoms in total. The highest BCUT2D eigenvalue weighted by atomic mass is 35.5. The van der Waals surface area contributed by atoms with Crippen molar-refractivity contribution in [1.82, 2.24) is 19.2 Å². The average Bonchev–Trinajstić information content (AvgIpc) is 2.93. The van der Waals surface area contributed by atoms with Crippen LogP contribution in [0.4, 0.5) is 0 Å². The smallest absolute Gasteiger partial charge is 0.226 e. The van der Waals surface area contributed by atoms with Crippen LogP contribution in [0.1, 0.15) is 32.2 Å². The minimum atomic E-state index is -3.83. The van der Waals surface area contributed by atoms with Crippen molar-refractivity contribution in [3.63, 3.8) is 0 Å². The Morgan fingerprint density at radius 1 is 1.08 bits per heavy atom. The largest absolute Gasteiger partial charge is 0.228 e. The molecule has 0 fully saturated rings. The molecule has 9 heteroatoms. The van der Waals surface area contributed by atoms with Gasteiger partial charge in [-0.1, -0.05) is 44.5 Å². The van der Waals surface area contributed by atoms with Crippen LogP contribution in [0.15, 0.2) is 34.2 Å². The molecule has 0 saturated carbocycles. The van der Waals surface area contributed by atoms with E-state index in [1.807, 2.05) is 12.1 Å². The Labute approximate surface area is 162 Å². The molecular formula is C17H19ClN4O2S2. The zero-order chi connectivity index (χ0) is 19.3. The van der Waals surface area contributed by atoms with Crippen LogP contribution in [0.5, 0.6) is 0 Å². The molecule has 0 radical (unpaired) electrons. The maximum Gasteiger partial charge on any atom is 0.226 e. The van der Waals surface area contributed by atoms with Crippen molar-refractivity contribution in [3.8, 4) is 0 Å². The van der Waals surface area contributed by atoms with Crippen molar-refractivity contribution < 1.29 is 8.42 Å². The molecule has 0 aliphatic rings. The summed E-state index contributed by atoms with van der Waals surface area (Å²) >= 11 is 7.31. The molecule has 0 aliphatic heterocycles. The fourth-order valence-corrected chi connectivity index (χ4v) is 5.14. The van der Waals surface area contributed by atoms with E-state index in [0.717, 1.165) is 17.5 Å². The maximum absolute atomic E-state index is 13.3. The Balaban J connectivity index is 2.24. The van der Waals surface area contributed by atoms with Crippen molar-refractivity contribution in [2.24, 2.45) is 0 Å². The number of sulfone groups is 1. The summed E-state index contributed by atoms with van der Waals surface area (Å²) < 4.78 is 27.9. The molecule has 1 aromatic carbocycles. The van der Waals surface area contributed by atoms with E-state index in [2.05, 4.69) is 35.8 Å². The molecule has 0 amide bonds. The molecule has 0 aliphatic carbocycles. The quantitative estimate of drug-likeness (QED) is 0.606.